The highest BCUT2D eigenvalue weighted by atomic mass is 16.5. The molecule has 0 aliphatic carbocycles. The average Bonchev–Trinajstić information content (AvgIpc) is 2.64. The van der Waals surface area contributed by atoms with Gasteiger partial charge in [-0.3, -0.25) is 14.5 Å². The normalized spacial score (nSPS) is 15.0. The number of hydrogen-bond donors (Lipinski definition) is 0. The Balaban J connectivity index is 2.04. The van der Waals surface area contributed by atoms with E-state index in [1.54, 1.807) is 24.3 Å². The van der Waals surface area contributed by atoms with Gasteiger partial charge in [-0.2, -0.15) is 0 Å². The van der Waals surface area contributed by atoms with Crippen LogP contribution >= 0.6 is 0 Å². The minimum Gasteiger partial charge on any atom is -0.374 e. The molecule has 21 heavy (non-hydrogen) atoms. The molecule has 0 radical (unpaired) electrons. The lowest BCUT2D eigenvalue weighted by atomic mass is 10.1. The van der Waals surface area contributed by atoms with Crippen molar-refractivity contribution in [2.75, 3.05) is 13.2 Å². The molecule has 4 heteroatoms. The molecule has 1 heterocycles. The van der Waals surface area contributed by atoms with E-state index in [4.69, 9.17) is 4.74 Å². The van der Waals surface area contributed by atoms with Crippen molar-refractivity contribution in [3.05, 3.63) is 35.4 Å². The van der Waals surface area contributed by atoms with Crippen molar-refractivity contribution in [3.8, 4) is 0 Å². The molecule has 0 fully saturated rings. The Hall–Kier alpha value is -1.68. The maximum atomic E-state index is 12.3. The van der Waals surface area contributed by atoms with Crippen molar-refractivity contribution < 1.29 is 14.3 Å². The van der Waals surface area contributed by atoms with Gasteiger partial charge in [0.1, 0.15) is 0 Å². The molecule has 0 bridgehead atoms. The van der Waals surface area contributed by atoms with Crippen molar-refractivity contribution in [1.82, 2.24) is 4.90 Å². The summed E-state index contributed by atoms with van der Waals surface area (Å²) in [5, 5.41) is 0. The van der Waals surface area contributed by atoms with E-state index < -0.39 is 5.60 Å². The smallest absolute Gasteiger partial charge is 0.261 e. The maximum absolute atomic E-state index is 12.3. The summed E-state index contributed by atoms with van der Waals surface area (Å²) >= 11 is 0. The minimum atomic E-state index is -0.539. The molecule has 1 aromatic rings. The van der Waals surface area contributed by atoms with E-state index in [0.717, 1.165) is 6.42 Å². The van der Waals surface area contributed by atoms with E-state index in [1.165, 1.54) is 4.90 Å². The first-order valence-electron chi connectivity index (χ1n) is 7.41. The SMILES string of the molecule is CC(C)CCOC(C)(C)CN1C(=O)c2ccccc2C1=O. The Morgan fingerprint density at radius 2 is 1.62 bits per heavy atom. The highest BCUT2D eigenvalue weighted by molar-refractivity contribution is 6.21. The van der Waals surface area contributed by atoms with Crippen LogP contribution in [0.3, 0.4) is 0 Å². The van der Waals surface area contributed by atoms with Crippen LogP contribution in [0.2, 0.25) is 0 Å². The zero-order valence-corrected chi connectivity index (χ0v) is 13.2. The molecule has 0 N–H and O–H groups in total. The molecule has 2 amide bonds. The summed E-state index contributed by atoms with van der Waals surface area (Å²) in [7, 11) is 0. The monoisotopic (exact) mass is 289 g/mol. The third-order valence-corrected chi connectivity index (χ3v) is 3.61. The third-order valence-electron chi connectivity index (χ3n) is 3.61. The molecule has 0 unspecified atom stereocenters. The van der Waals surface area contributed by atoms with Crippen molar-refractivity contribution in [2.45, 2.75) is 39.7 Å². The van der Waals surface area contributed by atoms with Gasteiger partial charge in [0.25, 0.3) is 11.8 Å². The second-order valence-corrected chi connectivity index (χ2v) is 6.53. The molecule has 1 aliphatic rings. The number of carbonyl (C=O) groups is 2. The zero-order chi connectivity index (χ0) is 15.6. The lowest BCUT2D eigenvalue weighted by Gasteiger charge is -2.29. The largest absolute Gasteiger partial charge is 0.374 e. The van der Waals surface area contributed by atoms with Crippen molar-refractivity contribution in [3.63, 3.8) is 0 Å². The van der Waals surface area contributed by atoms with Gasteiger partial charge in [0.05, 0.1) is 23.3 Å². The summed E-state index contributed by atoms with van der Waals surface area (Å²) in [5.41, 5.74) is 0.434. The van der Waals surface area contributed by atoms with Gasteiger partial charge in [0.2, 0.25) is 0 Å². The molecular weight excluding hydrogens is 266 g/mol. The first-order chi connectivity index (χ1) is 9.82. The number of imide groups is 1. The molecule has 1 aromatic carbocycles. The van der Waals surface area contributed by atoms with Crippen LogP contribution in [0.15, 0.2) is 24.3 Å². The van der Waals surface area contributed by atoms with Crippen LogP contribution in [-0.2, 0) is 4.74 Å². The van der Waals surface area contributed by atoms with E-state index in [9.17, 15) is 9.59 Å². The fraction of sp³-hybridized carbons (Fsp3) is 0.529. The van der Waals surface area contributed by atoms with Gasteiger partial charge in [-0.05, 0) is 38.3 Å². The molecule has 0 spiro atoms. The Labute approximate surface area is 126 Å². The number of ether oxygens (including phenoxy) is 1. The quantitative estimate of drug-likeness (QED) is 0.756. The van der Waals surface area contributed by atoms with E-state index in [0.29, 0.717) is 23.7 Å². The Kier molecular flexibility index (Phi) is 4.47. The predicted octanol–water partition coefficient (Wildman–Crippen LogP) is 3.12. The molecule has 0 saturated carbocycles. The molecule has 0 saturated heterocycles. The maximum Gasteiger partial charge on any atom is 0.261 e. The van der Waals surface area contributed by atoms with Crippen molar-refractivity contribution in [1.29, 1.82) is 0 Å². The van der Waals surface area contributed by atoms with Gasteiger partial charge >= 0.3 is 0 Å². The van der Waals surface area contributed by atoms with E-state index >= 15 is 0 Å². The van der Waals surface area contributed by atoms with Crippen LogP contribution in [0.25, 0.3) is 0 Å². The summed E-state index contributed by atoms with van der Waals surface area (Å²) in [6.07, 6.45) is 0.964. The number of carbonyl (C=O) groups excluding carboxylic acids is 2. The molecule has 4 nitrogen and oxygen atoms in total. The molecule has 2 rings (SSSR count). The highest BCUT2D eigenvalue weighted by Gasteiger charge is 2.38. The van der Waals surface area contributed by atoms with Gasteiger partial charge in [-0.25, -0.2) is 0 Å². The fourth-order valence-corrected chi connectivity index (χ4v) is 2.38. The zero-order valence-electron chi connectivity index (χ0n) is 13.2. The van der Waals surface area contributed by atoms with E-state index in [-0.39, 0.29) is 18.4 Å². The minimum absolute atomic E-state index is 0.226. The number of rotatable bonds is 6. The Morgan fingerprint density at radius 3 is 2.10 bits per heavy atom. The first-order valence-corrected chi connectivity index (χ1v) is 7.41. The van der Waals surface area contributed by atoms with Crippen LogP contribution in [0.1, 0.15) is 54.8 Å². The van der Waals surface area contributed by atoms with Crippen LogP contribution < -0.4 is 0 Å². The topological polar surface area (TPSA) is 46.6 Å². The first kappa shape index (κ1) is 15.7. The fourth-order valence-electron chi connectivity index (χ4n) is 2.38. The van der Waals surface area contributed by atoms with Gasteiger partial charge in [0.15, 0.2) is 0 Å². The average molecular weight is 289 g/mol. The molecule has 0 aromatic heterocycles. The number of nitrogens with zero attached hydrogens (tertiary/aromatic N) is 1. The predicted molar refractivity (Wildman–Crippen MR) is 81.3 cm³/mol. The lowest BCUT2D eigenvalue weighted by Crippen LogP contribution is -2.43. The van der Waals surface area contributed by atoms with Gasteiger partial charge in [-0.15, -0.1) is 0 Å². The summed E-state index contributed by atoms with van der Waals surface area (Å²) in [6, 6.07) is 6.94. The number of benzene rings is 1. The molecular formula is C17H23NO3. The molecule has 0 atom stereocenters. The van der Waals surface area contributed by atoms with Crippen LogP contribution in [0.4, 0.5) is 0 Å². The van der Waals surface area contributed by atoms with Crippen molar-refractivity contribution in [2.24, 2.45) is 5.92 Å². The summed E-state index contributed by atoms with van der Waals surface area (Å²) in [4.78, 5) is 25.9. The summed E-state index contributed by atoms with van der Waals surface area (Å²) < 4.78 is 5.85. The van der Waals surface area contributed by atoms with E-state index in [2.05, 4.69) is 13.8 Å². The Bertz CT molecular complexity index is 514. The van der Waals surface area contributed by atoms with Gasteiger partial charge < -0.3 is 4.74 Å². The van der Waals surface area contributed by atoms with Gasteiger partial charge in [0, 0.05) is 6.61 Å². The number of hydrogen-bond acceptors (Lipinski definition) is 3. The third kappa shape index (κ3) is 3.50. The number of amides is 2. The van der Waals surface area contributed by atoms with Crippen molar-refractivity contribution >= 4 is 11.8 Å². The standard InChI is InChI=1S/C17H23NO3/c1-12(2)9-10-21-17(3,4)11-18-15(19)13-7-5-6-8-14(13)16(18)20/h5-8,12H,9-11H2,1-4H3. The van der Waals surface area contributed by atoms with Crippen LogP contribution in [0, 0.1) is 5.92 Å². The van der Waals surface area contributed by atoms with Crippen LogP contribution in [-0.4, -0.2) is 35.5 Å². The van der Waals surface area contributed by atoms with E-state index in [1.807, 2.05) is 13.8 Å². The summed E-state index contributed by atoms with van der Waals surface area (Å²) in [5.74, 6) is 0.118. The second kappa shape index (κ2) is 5.98. The lowest BCUT2D eigenvalue weighted by molar-refractivity contribution is -0.0360. The van der Waals surface area contributed by atoms with Crippen LogP contribution in [0.5, 0.6) is 0 Å². The molecule has 114 valence electrons. The summed E-state index contributed by atoms with van der Waals surface area (Å²) in [6.45, 7) is 9.01. The second-order valence-electron chi connectivity index (χ2n) is 6.53. The van der Waals surface area contributed by atoms with Gasteiger partial charge in [-0.1, -0.05) is 26.0 Å². The number of fused-ring (bicyclic) bond motifs is 1. The Morgan fingerprint density at radius 1 is 1.10 bits per heavy atom. The molecule has 1 aliphatic heterocycles. The highest BCUT2D eigenvalue weighted by Crippen LogP contribution is 2.25.